The number of thioether (sulfide) groups is 1. The van der Waals surface area contributed by atoms with Crippen LogP contribution in [0.4, 0.5) is 0 Å². The summed E-state index contributed by atoms with van der Waals surface area (Å²) >= 11 is 3.60. The minimum Gasteiger partial charge on any atom is -0.294 e. The normalized spacial score (nSPS) is 26.2. The second kappa shape index (κ2) is 4.35. The maximum absolute atomic E-state index is 9.12. The van der Waals surface area contributed by atoms with Gasteiger partial charge in [0.2, 0.25) is 0 Å². The van der Waals surface area contributed by atoms with Gasteiger partial charge in [-0.05, 0) is 23.6 Å². The highest BCUT2D eigenvalue weighted by atomic mass is 32.2. The van der Waals surface area contributed by atoms with Crippen LogP contribution >= 0.6 is 23.1 Å². The van der Waals surface area contributed by atoms with Crippen LogP contribution in [-0.2, 0) is 6.54 Å². The monoisotopic (exact) mass is 224 g/mol. The zero-order chi connectivity index (χ0) is 9.86. The Morgan fingerprint density at radius 2 is 2.57 bits per heavy atom. The summed E-state index contributed by atoms with van der Waals surface area (Å²) < 4.78 is 0. The maximum Gasteiger partial charge on any atom is 0.116 e. The summed E-state index contributed by atoms with van der Waals surface area (Å²) in [4.78, 5) is 1.30. The molecule has 1 fully saturated rings. The van der Waals surface area contributed by atoms with Crippen molar-refractivity contribution in [1.82, 2.24) is 5.32 Å². The molecule has 1 N–H and O–H groups in total. The van der Waals surface area contributed by atoms with Gasteiger partial charge in [0.1, 0.15) is 5.54 Å². The zero-order valence-electron chi connectivity index (χ0n) is 7.82. The highest BCUT2D eigenvalue weighted by Crippen LogP contribution is 2.27. The number of nitriles is 1. The number of thiophene rings is 1. The van der Waals surface area contributed by atoms with Crippen LogP contribution in [0.25, 0.3) is 0 Å². The van der Waals surface area contributed by atoms with Crippen LogP contribution < -0.4 is 5.32 Å². The van der Waals surface area contributed by atoms with Gasteiger partial charge >= 0.3 is 0 Å². The van der Waals surface area contributed by atoms with Gasteiger partial charge in [0.05, 0.1) is 6.07 Å². The third kappa shape index (κ3) is 2.11. The van der Waals surface area contributed by atoms with Crippen molar-refractivity contribution in [3.05, 3.63) is 22.4 Å². The summed E-state index contributed by atoms with van der Waals surface area (Å²) in [5.41, 5.74) is -0.269. The van der Waals surface area contributed by atoms with Crippen molar-refractivity contribution < 1.29 is 0 Å². The number of nitrogens with one attached hydrogen (secondary N) is 1. The van der Waals surface area contributed by atoms with E-state index >= 15 is 0 Å². The van der Waals surface area contributed by atoms with E-state index in [1.807, 2.05) is 17.8 Å². The van der Waals surface area contributed by atoms with Crippen molar-refractivity contribution >= 4 is 23.1 Å². The molecule has 14 heavy (non-hydrogen) atoms. The van der Waals surface area contributed by atoms with Crippen LogP contribution in [0, 0.1) is 11.3 Å². The number of nitrogens with zero attached hydrogens (tertiary/aromatic N) is 1. The Labute approximate surface area is 92.3 Å². The van der Waals surface area contributed by atoms with Crippen LogP contribution in [0.1, 0.15) is 11.3 Å². The highest BCUT2D eigenvalue weighted by molar-refractivity contribution is 7.99. The van der Waals surface area contributed by atoms with Gasteiger partial charge in [0.15, 0.2) is 0 Å². The van der Waals surface area contributed by atoms with Crippen molar-refractivity contribution in [3.63, 3.8) is 0 Å². The predicted molar refractivity (Wildman–Crippen MR) is 61.4 cm³/mol. The summed E-state index contributed by atoms with van der Waals surface area (Å²) in [5, 5.41) is 14.6. The molecule has 1 aliphatic heterocycles. The Morgan fingerprint density at radius 1 is 1.64 bits per heavy atom. The topological polar surface area (TPSA) is 35.8 Å². The molecule has 0 aromatic carbocycles. The lowest BCUT2D eigenvalue weighted by molar-refractivity contribution is 0.458. The molecule has 0 radical (unpaired) electrons. The standard InChI is InChI=1S/C10H12N2S2/c11-7-10(3-5-13-8-10)12-6-9-2-1-4-14-9/h1-2,4,12H,3,5-6,8H2. The molecular formula is C10H12N2S2. The molecule has 0 saturated carbocycles. The summed E-state index contributed by atoms with van der Waals surface area (Å²) in [7, 11) is 0. The van der Waals surface area contributed by atoms with Gasteiger partial charge in [-0.25, -0.2) is 0 Å². The average Bonchev–Trinajstić information content (AvgIpc) is 2.87. The predicted octanol–water partition coefficient (Wildman–Crippen LogP) is 2.24. The van der Waals surface area contributed by atoms with E-state index in [-0.39, 0.29) is 5.54 Å². The number of hydrogen-bond acceptors (Lipinski definition) is 4. The summed E-state index contributed by atoms with van der Waals surface area (Å²) in [6.45, 7) is 0.825. The Bertz CT molecular complexity index is 320. The first-order chi connectivity index (χ1) is 6.85. The second-order valence-electron chi connectivity index (χ2n) is 3.43. The van der Waals surface area contributed by atoms with Crippen LogP contribution in [0.15, 0.2) is 17.5 Å². The largest absolute Gasteiger partial charge is 0.294 e. The molecule has 1 atom stereocenters. The van der Waals surface area contributed by atoms with Crippen LogP contribution in [0.2, 0.25) is 0 Å². The molecule has 0 aliphatic carbocycles. The summed E-state index contributed by atoms with van der Waals surface area (Å²) in [6.07, 6.45) is 0.972. The molecule has 2 rings (SSSR count). The molecule has 0 spiro atoms. The molecule has 1 aromatic heterocycles. The Morgan fingerprint density at radius 3 is 3.14 bits per heavy atom. The third-order valence-corrected chi connectivity index (χ3v) is 4.48. The van der Waals surface area contributed by atoms with Crippen molar-refractivity contribution in [3.8, 4) is 6.07 Å². The Kier molecular flexibility index (Phi) is 3.12. The molecule has 2 heterocycles. The Balaban J connectivity index is 1.93. The fourth-order valence-corrected chi connectivity index (χ4v) is 3.44. The van der Waals surface area contributed by atoms with Gasteiger partial charge in [-0.3, -0.25) is 5.32 Å². The van der Waals surface area contributed by atoms with Crippen LogP contribution in [0.5, 0.6) is 0 Å². The van der Waals surface area contributed by atoms with E-state index in [1.165, 1.54) is 4.88 Å². The number of rotatable bonds is 3. The molecule has 1 unspecified atom stereocenters. The molecule has 1 aliphatic rings. The number of hydrogen-bond donors (Lipinski definition) is 1. The van der Waals surface area contributed by atoms with Crippen molar-refractivity contribution in [1.29, 1.82) is 5.26 Å². The summed E-state index contributed by atoms with van der Waals surface area (Å²) in [5.74, 6) is 2.03. The maximum atomic E-state index is 9.12. The SMILES string of the molecule is N#CC1(NCc2cccs2)CCSC1. The smallest absolute Gasteiger partial charge is 0.116 e. The van der Waals surface area contributed by atoms with E-state index in [9.17, 15) is 0 Å². The lowest BCUT2D eigenvalue weighted by atomic mass is 10.0. The van der Waals surface area contributed by atoms with Crippen LogP contribution in [-0.4, -0.2) is 17.0 Å². The second-order valence-corrected chi connectivity index (χ2v) is 5.57. The fourth-order valence-electron chi connectivity index (χ4n) is 1.50. The minimum absolute atomic E-state index is 0.269. The Hall–Kier alpha value is -0.500. The first-order valence-electron chi connectivity index (χ1n) is 4.61. The van der Waals surface area contributed by atoms with E-state index in [0.29, 0.717) is 0 Å². The van der Waals surface area contributed by atoms with Gasteiger partial charge in [-0.1, -0.05) is 6.07 Å². The molecule has 1 saturated heterocycles. The van der Waals surface area contributed by atoms with E-state index in [1.54, 1.807) is 11.3 Å². The van der Waals surface area contributed by atoms with Crippen molar-refractivity contribution in [2.75, 3.05) is 11.5 Å². The first-order valence-corrected chi connectivity index (χ1v) is 6.64. The van der Waals surface area contributed by atoms with Gasteiger partial charge < -0.3 is 0 Å². The van der Waals surface area contributed by atoms with Gasteiger partial charge in [0, 0.05) is 17.2 Å². The quantitative estimate of drug-likeness (QED) is 0.855. The van der Waals surface area contributed by atoms with Crippen molar-refractivity contribution in [2.24, 2.45) is 0 Å². The van der Waals surface area contributed by atoms with E-state index in [2.05, 4.69) is 22.8 Å². The molecular weight excluding hydrogens is 212 g/mol. The minimum atomic E-state index is -0.269. The fraction of sp³-hybridized carbons (Fsp3) is 0.500. The van der Waals surface area contributed by atoms with E-state index < -0.39 is 0 Å². The highest BCUT2D eigenvalue weighted by Gasteiger charge is 2.33. The molecule has 0 amide bonds. The zero-order valence-corrected chi connectivity index (χ0v) is 9.46. The van der Waals surface area contributed by atoms with Gasteiger partial charge in [-0.15, -0.1) is 11.3 Å². The molecule has 4 heteroatoms. The molecule has 2 nitrogen and oxygen atoms in total. The molecule has 0 bridgehead atoms. The third-order valence-electron chi connectivity index (χ3n) is 2.42. The first kappa shape index (κ1) is 10.0. The van der Waals surface area contributed by atoms with Gasteiger partial charge in [-0.2, -0.15) is 17.0 Å². The van der Waals surface area contributed by atoms with Crippen LogP contribution in [0.3, 0.4) is 0 Å². The van der Waals surface area contributed by atoms with Gasteiger partial charge in [0.25, 0.3) is 0 Å². The molecule has 1 aromatic rings. The van der Waals surface area contributed by atoms with E-state index in [0.717, 1.165) is 24.5 Å². The average molecular weight is 224 g/mol. The van der Waals surface area contributed by atoms with Crippen molar-refractivity contribution in [2.45, 2.75) is 18.5 Å². The summed E-state index contributed by atoms with van der Waals surface area (Å²) in [6, 6.07) is 6.56. The lowest BCUT2D eigenvalue weighted by Crippen LogP contribution is -2.43. The van der Waals surface area contributed by atoms with E-state index in [4.69, 9.17) is 5.26 Å². The molecule has 74 valence electrons. The lowest BCUT2D eigenvalue weighted by Gasteiger charge is -2.20.